The van der Waals surface area contributed by atoms with Crippen LogP contribution < -0.4 is 4.90 Å². The van der Waals surface area contributed by atoms with E-state index in [1.54, 1.807) is 11.3 Å². The Balaban J connectivity index is 1.43. The van der Waals surface area contributed by atoms with Gasteiger partial charge >= 0.3 is 0 Å². The van der Waals surface area contributed by atoms with Crippen molar-refractivity contribution >= 4 is 17.0 Å². The summed E-state index contributed by atoms with van der Waals surface area (Å²) in [7, 11) is 0. The zero-order valence-electron chi connectivity index (χ0n) is 18.9. The van der Waals surface area contributed by atoms with E-state index in [2.05, 4.69) is 68.8 Å². The van der Waals surface area contributed by atoms with Crippen LogP contribution in [0.2, 0.25) is 0 Å². The maximum absolute atomic E-state index is 13.7. The third kappa shape index (κ3) is 4.54. The van der Waals surface area contributed by atoms with E-state index in [-0.39, 0.29) is 11.9 Å². The summed E-state index contributed by atoms with van der Waals surface area (Å²) in [4.78, 5) is 6.06. The molecule has 33 heavy (non-hydrogen) atoms. The highest BCUT2D eigenvalue weighted by Gasteiger charge is 2.31. The summed E-state index contributed by atoms with van der Waals surface area (Å²) in [6.45, 7) is 8.52. The number of piperazine rings is 1. The Morgan fingerprint density at radius 2 is 1.76 bits per heavy atom. The van der Waals surface area contributed by atoms with Crippen LogP contribution in [0.25, 0.3) is 0 Å². The first-order valence-corrected chi connectivity index (χ1v) is 12.1. The lowest BCUT2D eigenvalue weighted by Crippen LogP contribution is -2.48. The number of aromatic nitrogens is 4. The fourth-order valence-electron chi connectivity index (χ4n) is 4.54. The van der Waals surface area contributed by atoms with Crippen molar-refractivity contribution in [3.05, 3.63) is 93.2 Å². The molecule has 3 heterocycles. The van der Waals surface area contributed by atoms with Gasteiger partial charge in [0.05, 0.1) is 12.6 Å². The second kappa shape index (κ2) is 9.41. The van der Waals surface area contributed by atoms with Gasteiger partial charge < -0.3 is 4.90 Å². The third-order valence-corrected chi connectivity index (χ3v) is 7.33. The molecule has 1 aliphatic rings. The van der Waals surface area contributed by atoms with Crippen molar-refractivity contribution in [1.29, 1.82) is 0 Å². The SMILES string of the molecule is Cc1cccc(N2CCN([C@H](c3ccc(F)cc3)c3nnnn3Cc3cccs3)CC2)c1C. The number of halogens is 1. The lowest BCUT2D eigenvalue weighted by Gasteiger charge is -2.40. The van der Waals surface area contributed by atoms with E-state index in [9.17, 15) is 4.39 Å². The highest BCUT2D eigenvalue weighted by Crippen LogP contribution is 2.31. The number of nitrogens with zero attached hydrogens (tertiary/aromatic N) is 6. The van der Waals surface area contributed by atoms with Gasteiger partial charge in [0.2, 0.25) is 0 Å². The maximum Gasteiger partial charge on any atom is 0.173 e. The summed E-state index contributed by atoms with van der Waals surface area (Å²) < 4.78 is 15.6. The molecule has 0 N–H and O–H groups in total. The molecule has 1 aliphatic heterocycles. The summed E-state index contributed by atoms with van der Waals surface area (Å²) >= 11 is 1.69. The minimum atomic E-state index is -0.240. The van der Waals surface area contributed by atoms with Crippen molar-refractivity contribution < 1.29 is 4.39 Å². The summed E-state index contributed by atoms with van der Waals surface area (Å²) in [6.07, 6.45) is 0. The van der Waals surface area contributed by atoms with Gasteiger partial charge in [0.1, 0.15) is 5.82 Å². The van der Waals surface area contributed by atoms with Crippen molar-refractivity contribution in [2.75, 3.05) is 31.1 Å². The molecule has 8 heteroatoms. The van der Waals surface area contributed by atoms with Gasteiger partial charge in [0.25, 0.3) is 0 Å². The molecule has 0 spiro atoms. The number of hydrogen-bond acceptors (Lipinski definition) is 6. The van der Waals surface area contributed by atoms with Gasteiger partial charge in [-0.2, -0.15) is 0 Å². The van der Waals surface area contributed by atoms with Crippen molar-refractivity contribution in [1.82, 2.24) is 25.1 Å². The molecular weight excluding hydrogens is 435 g/mol. The predicted octanol–water partition coefficient (Wildman–Crippen LogP) is 4.45. The largest absolute Gasteiger partial charge is 0.369 e. The Morgan fingerprint density at radius 3 is 2.48 bits per heavy atom. The molecule has 1 fully saturated rings. The number of thiophene rings is 1. The lowest BCUT2D eigenvalue weighted by atomic mass is 10.0. The van der Waals surface area contributed by atoms with Crippen LogP contribution in [0.1, 0.15) is 33.4 Å². The summed E-state index contributed by atoms with van der Waals surface area (Å²) in [5, 5.41) is 14.8. The van der Waals surface area contributed by atoms with Crippen LogP contribution in [0, 0.1) is 19.7 Å². The molecule has 2 aromatic carbocycles. The number of anilines is 1. The molecule has 1 atom stereocenters. The average Bonchev–Trinajstić information content (AvgIpc) is 3.51. The van der Waals surface area contributed by atoms with E-state index >= 15 is 0 Å². The maximum atomic E-state index is 13.7. The highest BCUT2D eigenvalue weighted by molar-refractivity contribution is 7.09. The first-order valence-electron chi connectivity index (χ1n) is 11.2. The van der Waals surface area contributed by atoms with Gasteiger partial charge in [-0.25, -0.2) is 9.07 Å². The Bertz CT molecular complexity index is 1200. The van der Waals surface area contributed by atoms with Crippen LogP contribution in [0.4, 0.5) is 10.1 Å². The van der Waals surface area contributed by atoms with Gasteiger partial charge in [-0.05, 0) is 70.6 Å². The van der Waals surface area contributed by atoms with Gasteiger partial charge in [-0.15, -0.1) is 16.4 Å². The average molecular weight is 463 g/mol. The molecule has 6 nitrogen and oxygen atoms in total. The Hall–Kier alpha value is -3.10. The predicted molar refractivity (Wildman–Crippen MR) is 129 cm³/mol. The normalized spacial score (nSPS) is 15.7. The van der Waals surface area contributed by atoms with Crippen molar-refractivity contribution in [2.45, 2.75) is 26.4 Å². The molecule has 0 bridgehead atoms. The fourth-order valence-corrected chi connectivity index (χ4v) is 5.22. The van der Waals surface area contributed by atoms with Crippen LogP contribution in [0.5, 0.6) is 0 Å². The zero-order valence-corrected chi connectivity index (χ0v) is 19.7. The first-order chi connectivity index (χ1) is 16.1. The molecule has 170 valence electrons. The zero-order chi connectivity index (χ0) is 22.8. The van der Waals surface area contributed by atoms with E-state index in [0.717, 1.165) is 37.6 Å². The van der Waals surface area contributed by atoms with Crippen molar-refractivity contribution in [2.24, 2.45) is 0 Å². The second-order valence-electron chi connectivity index (χ2n) is 8.47. The standard InChI is InChI=1S/C25H27FN6S/c1-18-5-3-7-23(19(18)2)30-12-14-31(15-13-30)24(20-8-10-21(26)11-9-20)25-27-28-29-32(25)17-22-6-4-16-33-22/h3-11,16,24H,12-15,17H2,1-2H3/t24-/m1/s1. The third-order valence-electron chi connectivity index (χ3n) is 6.47. The minimum Gasteiger partial charge on any atom is -0.369 e. The molecule has 4 aromatic rings. The molecule has 5 rings (SSSR count). The van der Waals surface area contributed by atoms with E-state index < -0.39 is 0 Å². The van der Waals surface area contributed by atoms with E-state index in [0.29, 0.717) is 6.54 Å². The van der Waals surface area contributed by atoms with Crippen LogP contribution >= 0.6 is 11.3 Å². The van der Waals surface area contributed by atoms with Gasteiger partial charge in [0.15, 0.2) is 5.82 Å². The van der Waals surface area contributed by atoms with Crippen molar-refractivity contribution in [3.63, 3.8) is 0 Å². The van der Waals surface area contributed by atoms with E-state index in [1.807, 2.05) is 22.9 Å². The number of hydrogen-bond donors (Lipinski definition) is 0. The van der Waals surface area contributed by atoms with Crippen LogP contribution in [-0.4, -0.2) is 51.3 Å². The van der Waals surface area contributed by atoms with Crippen LogP contribution in [-0.2, 0) is 6.54 Å². The van der Waals surface area contributed by atoms with Gasteiger partial charge in [-0.3, -0.25) is 4.90 Å². The molecule has 0 saturated carbocycles. The second-order valence-corrected chi connectivity index (χ2v) is 9.50. The van der Waals surface area contributed by atoms with Gasteiger partial charge in [0, 0.05) is 36.7 Å². The highest BCUT2D eigenvalue weighted by atomic mass is 32.1. The fraction of sp³-hybridized carbons (Fsp3) is 0.320. The lowest BCUT2D eigenvalue weighted by molar-refractivity contribution is 0.201. The summed E-state index contributed by atoms with van der Waals surface area (Å²) in [5.74, 6) is 0.547. The smallest absolute Gasteiger partial charge is 0.173 e. The minimum absolute atomic E-state index is 0.138. The quantitative estimate of drug-likeness (QED) is 0.424. The molecule has 2 aromatic heterocycles. The van der Waals surface area contributed by atoms with Crippen LogP contribution in [0.15, 0.2) is 60.0 Å². The molecule has 0 radical (unpaired) electrons. The first kappa shape index (κ1) is 21.7. The number of benzene rings is 2. The molecule has 0 amide bonds. The van der Waals surface area contributed by atoms with Crippen LogP contribution in [0.3, 0.4) is 0 Å². The number of aryl methyl sites for hydroxylation is 1. The summed E-state index contributed by atoms with van der Waals surface area (Å²) in [5.41, 5.74) is 4.95. The topological polar surface area (TPSA) is 50.1 Å². The van der Waals surface area contributed by atoms with Crippen molar-refractivity contribution in [3.8, 4) is 0 Å². The van der Waals surface area contributed by atoms with E-state index in [4.69, 9.17) is 0 Å². The van der Waals surface area contributed by atoms with Gasteiger partial charge in [-0.1, -0.05) is 30.3 Å². The molecule has 0 aliphatic carbocycles. The molecule has 1 saturated heterocycles. The Kier molecular flexibility index (Phi) is 6.20. The molecular formula is C25H27FN6S. The number of rotatable bonds is 6. The Morgan fingerprint density at radius 1 is 0.970 bits per heavy atom. The number of tetrazole rings is 1. The monoisotopic (exact) mass is 462 g/mol. The Labute approximate surface area is 197 Å². The molecule has 0 unspecified atom stereocenters. The van der Waals surface area contributed by atoms with E-state index in [1.165, 1.54) is 33.8 Å². The summed E-state index contributed by atoms with van der Waals surface area (Å²) in [6, 6.07) is 17.2.